The Morgan fingerprint density at radius 2 is 1.79 bits per heavy atom. The van der Waals surface area contributed by atoms with Crippen molar-refractivity contribution in [1.29, 1.82) is 5.41 Å². The van der Waals surface area contributed by atoms with Crippen LogP contribution in [-0.4, -0.2) is 21.7 Å². The summed E-state index contributed by atoms with van der Waals surface area (Å²) < 4.78 is 0. The van der Waals surface area contributed by atoms with Crippen LogP contribution in [0.1, 0.15) is 41.9 Å². The van der Waals surface area contributed by atoms with Crippen LogP contribution in [0.2, 0.25) is 0 Å². The van der Waals surface area contributed by atoms with E-state index in [-0.39, 0.29) is 17.4 Å². The number of carbonyl (C=O) groups excluding carboxylic acids is 1. The molecule has 0 bridgehead atoms. The van der Waals surface area contributed by atoms with Gasteiger partial charge in [0.15, 0.2) is 5.78 Å². The van der Waals surface area contributed by atoms with Crippen LogP contribution in [0.5, 0.6) is 0 Å². The molecule has 2 aliphatic rings. The summed E-state index contributed by atoms with van der Waals surface area (Å²) in [4.78, 5) is 19.5. The monoisotopic (exact) mass is 435 g/mol. The molecule has 1 aromatic heterocycles. The summed E-state index contributed by atoms with van der Waals surface area (Å²) in [5.74, 6) is -0.288. The van der Waals surface area contributed by atoms with Gasteiger partial charge in [0.25, 0.3) is 0 Å². The number of amidine groups is 1. The van der Waals surface area contributed by atoms with Gasteiger partial charge in [0.1, 0.15) is 11.6 Å². The second kappa shape index (κ2) is 8.51. The van der Waals surface area contributed by atoms with Gasteiger partial charge in [0.2, 0.25) is 0 Å². The zero-order valence-electron chi connectivity index (χ0n) is 18.5. The van der Waals surface area contributed by atoms with Gasteiger partial charge in [-0.1, -0.05) is 54.1 Å². The van der Waals surface area contributed by atoms with Crippen LogP contribution in [0.3, 0.4) is 0 Å². The molecule has 0 fully saturated rings. The lowest BCUT2D eigenvalue weighted by Crippen LogP contribution is -2.42. The van der Waals surface area contributed by atoms with Crippen LogP contribution in [0.15, 0.2) is 96.0 Å². The first-order valence-corrected chi connectivity index (χ1v) is 11.2. The molecule has 2 heterocycles. The van der Waals surface area contributed by atoms with Gasteiger partial charge in [-0.05, 0) is 43.5 Å². The van der Waals surface area contributed by atoms with Gasteiger partial charge in [0.05, 0.1) is 0 Å². The number of pyridine rings is 1. The van der Waals surface area contributed by atoms with Crippen LogP contribution in [0.25, 0.3) is 5.76 Å². The number of aliphatic hydroxyl groups excluding tert-OH is 1. The number of carbonyl (C=O) groups is 1. The van der Waals surface area contributed by atoms with Crippen molar-refractivity contribution in [3.63, 3.8) is 0 Å². The SMILES string of the molecule is Cc1ccc(/C(O)=C2\C(=N)N(c3ccccc3)C3=C(C(=O)CCC3)C2c2cccnc2)cc1. The van der Waals surface area contributed by atoms with Gasteiger partial charge in [-0.2, -0.15) is 0 Å². The zero-order chi connectivity index (χ0) is 22.9. The van der Waals surface area contributed by atoms with Crippen LogP contribution >= 0.6 is 0 Å². The number of hydrogen-bond acceptors (Lipinski definition) is 4. The van der Waals surface area contributed by atoms with E-state index >= 15 is 0 Å². The lowest BCUT2D eigenvalue weighted by atomic mass is 9.73. The minimum absolute atomic E-state index is 0.0136. The fourth-order valence-corrected chi connectivity index (χ4v) is 4.80. The zero-order valence-corrected chi connectivity index (χ0v) is 18.5. The van der Waals surface area contributed by atoms with Crippen molar-refractivity contribution in [2.75, 3.05) is 4.90 Å². The molecule has 0 saturated carbocycles. The molecule has 0 spiro atoms. The second-order valence-electron chi connectivity index (χ2n) is 8.50. The van der Waals surface area contributed by atoms with Crippen molar-refractivity contribution in [2.45, 2.75) is 32.1 Å². The molecule has 164 valence electrons. The Kier molecular flexibility index (Phi) is 5.38. The number of para-hydroxylation sites is 1. The number of aryl methyl sites for hydroxylation is 1. The van der Waals surface area contributed by atoms with Crippen LogP contribution < -0.4 is 4.90 Å². The molecule has 2 aromatic carbocycles. The van der Waals surface area contributed by atoms with Gasteiger partial charge >= 0.3 is 0 Å². The van der Waals surface area contributed by atoms with E-state index in [1.807, 2.05) is 78.6 Å². The Bertz CT molecular complexity index is 1280. The van der Waals surface area contributed by atoms with E-state index in [0.717, 1.165) is 28.9 Å². The van der Waals surface area contributed by atoms with Crippen LogP contribution in [0, 0.1) is 12.3 Å². The first kappa shape index (κ1) is 20.9. The van der Waals surface area contributed by atoms with Crippen molar-refractivity contribution >= 4 is 23.1 Å². The Hall–Kier alpha value is -3.99. The standard InChI is InChI=1S/C28H25N3O2/c1-18-12-14-19(15-13-18)27(33)26-24(20-7-6-16-30-17-20)25-22(10-5-11-23(25)32)31(28(26)29)21-8-3-2-4-9-21/h2-4,6-9,12-17,24,29,33H,5,10-11H2,1H3/b27-26+,29-28?. The first-order chi connectivity index (χ1) is 16.1. The first-order valence-electron chi connectivity index (χ1n) is 11.2. The van der Waals surface area contributed by atoms with Crippen molar-refractivity contribution in [2.24, 2.45) is 0 Å². The van der Waals surface area contributed by atoms with Crippen molar-refractivity contribution in [3.8, 4) is 0 Å². The number of rotatable bonds is 3. The number of Topliss-reactive ketones (excluding diaryl/α,β-unsaturated/α-hetero) is 1. The highest BCUT2D eigenvalue weighted by Crippen LogP contribution is 2.47. The van der Waals surface area contributed by atoms with E-state index in [9.17, 15) is 15.3 Å². The Morgan fingerprint density at radius 3 is 2.48 bits per heavy atom. The molecule has 1 aliphatic carbocycles. The van der Waals surface area contributed by atoms with Gasteiger partial charge in [-0.15, -0.1) is 0 Å². The van der Waals surface area contributed by atoms with Crippen molar-refractivity contribution in [1.82, 2.24) is 4.98 Å². The number of aliphatic hydroxyl groups is 1. The third-order valence-corrected chi connectivity index (χ3v) is 6.37. The Labute approximate surface area is 193 Å². The molecular weight excluding hydrogens is 410 g/mol. The molecule has 5 nitrogen and oxygen atoms in total. The van der Waals surface area contributed by atoms with E-state index < -0.39 is 5.92 Å². The predicted octanol–water partition coefficient (Wildman–Crippen LogP) is 5.95. The number of ketones is 1. The quantitative estimate of drug-likeness (QED) is 0.499. The highest BCUT2D eigenvalue weighted by atomic mass is 16.3. The number of anilines is 1. The lowest BCUT2D eigenvalue weighted by molar-refractivity contribution is -0.116. The number of benzene rings is 2. The Balaban J connectivity index is 1.82. The smallest absolute Gasteiger partial charge is 0.161 e. The highest BCUT2D eigenvalue weighted by Gasteiger charge is 2.43. The minimum atomic E-state index is -0.546. The number of nitrogens with zero attached hydrogens (tertiary/aromatic N) is 2. The molecule has 1 unspecified atom stereocenters. The third-order valence-electron chi connectivity index (χ3n) is 6.37. The molecule has 0 radical (unpaired) electrons. The van der Waals surface area contributed by atoms with Crippen LogP contribution in [0.4, 0.5) is 5.69 Å². The number of nitrogens with one attached hydrogen (secondary N) is 1. The van der Waals surface area contributed by atoms with Gasteiger partial charge in [0, 0.05) is 52.8 Å². The largest absolute Gasteiger partial charge is 0.507 e. The van der Waals surface area contributed by atoms with E-state index in [2.05, 4.69) is 4.98 Å². The average Bonchev–Trinajstić information content (AvgIpc) is 2.84. The average molecular weight is 436 g/mol. The molecule has 5 rings (SSSR count). The molecule has 2 N–H and O–H groups in total. The molecule has 5 heteroatoms. The lowest BCUT2D eigenvalue weighted by Gasteiger charge is -2.41. The maximum absolute atomic E-state index is 13.4. The summed E-state index contributed by atoms with van der Waals surface area (Å²) in [5, 5.41) is 20.8. The Morgan fingerprint density at radius 1 is 1.03 bits per heavy atom. The topological polar surface area (TPSA) is 77.3 Å². The minimum Gasteiger partial charge on any atom is -0.507 e. The second-order valence-corrected chi connectivity index (χ2v) is 8.50. The van der Waals surface area contributed by atoms with E-state index in [1.54, 1.807) is 12.4 Å². The molecular formula is C28H25N3O2. The molecule has 3 aromatic rings. The van der Waals surface area contributed by atoms with Crippen LogP contribution in [-0.2, 0) is 4.79 Å². The fraction of sp³-hybridized carbons (Fsp3) is 0.179. The number of hydrogen-bond donors (Lipinski definition) is 2. The van der Waals surface area contributed by atoms with Crippen molar-refractivity contribution < 1.29 is 9.90 Å². The molecule has 1 aliphatic heterocycles. The van der Waals surface area contributed by atoms with E-state index in [1.165, 1.54) is 0 Å². The number of allylic oxidation sites excluding steroid dienone is 2. The normalized spacial score (nSPS) is 20.0. The van der Waals surface area contributed by atoms with Gasteiger partial charge in [-0.25, -0.2) is 0 Å². The third kappa shape index (κ3) is 3.65. The van der Waals surface area contributed by atoms with Gasteiger partial charge in [-0.3, -0.25) is 20.1 Å². The molecule has 1 atom stereocenters. The van der Waals surface area contributed by atoms with Crippen molar-refractivity contribution in [3.05, 3.63) is 113 Å². The molecule has 0 amide bonds. The summed E-state index contributed by atoms with van der Waals surface area (Å²) in [6.07, 6.45) is 5.33. The summed E-state index contributed by atoms with van der Waals surface area (Å²) >= 11 is 0. The highest BCUT2D eigenvalue weighted by molar-refractivity contribution is 6.19. The fourth-order valence-electron chi connectivity index (χ4n) is 4.80. The summed E-state index contributed by atoms with van der Waals surface area (Å²) in [7, 11) is 0. The maximum atomic E-state index is 13.4. The maximum Gasteiger partial charge on any atom is 0.161 e. The molecule has 0 saturated heterocycles. The predicted molar refractivity (Wildman–Crippen MR) is 130 cm³/mol. The summed E-state index contributed by atoms with van der Waals surface area (Å²) in [5.41, 5.74) is 5.23. The van der Waals surface area contributed by atoms with Gasteiger partial charge < -0.3 is 5.11 Å². The summed E-state index contributed by atoms with van der Waals surface area (Å²) in [6, 6.07) is 21.0. The number of aromatic nitrogens is 1. The van der Waals surface area contributed by atoms with E-state index in [0.29, 0.717) is 29.6 Å². The summed E-state index contributed by atoms with van der Waals surface area (Å²) in [6.45, 7) is 1.99. The molecule has 33 heavy (non-hydrogen) atoms. The van der Waals surface area contributed by atoms with E-state index in [4.69, 9.17) is 0 Å².